The highest BCUT2D eigenvalue weighted by molar-refractivity contribution is 7.12. The molecular weight excluding hydrogens is 442 g/mol. The number of thiophene rings is 1. The van der Waals surface area contributed by atoms with Crippen LogP contribution >= 0.6 is 11.3 Å². The number of rotatable bonds is 8. The van der Waals surface area contributed by atoms with E-state index in [-0.39, 0.29) is 23.8 Å². The number of aromatic nitrogens is 2. The second kappa shape index (κ2) is 10.0. The molecule has 168 valence electrons. The monoisotopic (exact) mass is 463 g/mol. The third kappa shape index (κ3) is 5.04. The van der Waals surface area contributed by atoms with Gasteiger partial charge in [0, 0.05) is 18.3 Å². The van der Waals surface area contributed by atoms with Crippen LogP contribution in [0.4, 0.5) is 5.69 Å². The summed E-state index contributed by atoms with van der Waals surface area (Å²) in [6, 6.07) is 17.9. The minimum atomic E-state index is -0.633. The van der Waals surface area contributed by atoms with Crippen LogP contribution in [0.5, 0.6) is 11.5 Å². The van der Waals surface area contributed by atoms with E-state index >= 15 is 0 Å². The van der Waals surface area contributed by atoms with Crippen molar-refractivity contribution in [3.05, 3.63) is 88.4 Å². The number of anilines is 1. The van der Waals surface area contributed by atoms with Gasteiger partial charge in [0.15, 0.2) is 11.5 Å². The van der Waals surface area contributed by atoms with Crippen LogP contribution in [0, 0.1) is 0 Å². The molecule has 0 aliphatic heterocycles. The zero-order valence-electron chi connectivity index (χ0n) is 18.0. The van der Waals surface area contributed by atoms with Gasteiger partial charge in [-0.05, 0) is 29.6 Å². The number of para-hydroxylation sites is 1. The van der Waals surface area contributed by atoms with Crippen LogP contribution in [0.25, 0.3) is 5.69 Å². The number of methoxy groups -OCH3 is 2. The zero-order valence-corrected chi connectivity index (χ0v) is 18.8. The van der Waals surface area contributed by atoms with Crippen LogP contribution in [-0.4, -0.2) is 35.9 Å². The van der Waals surface area contributed by atoms with Gasteiger partial charge in [0.05, 0.1) is 36.0 Å². The smallest absolute Gasteiger partial charge is 0.340 e. The van der Waals surface area contributed by atoms with E-state index in [4.69, 9.17) is 14.2 Å². The number of ether oxygens (including phenoxy) is 3. The van der Waals surface area contributed by atoms with Gasteiger partial charge in [-0.3, -0.25) is 4.79 Å². The molecule has 2 aromatic carbocycles. The van der Waals surface area contributed by atoms with E-state index in [1.54, 1.807) is 34.5 Å². The molecule has 1 N–H and O–H groups in total. The molecule has 33 heavy (non-hydrogen) atoms. The van der Waals surface area contributed by atoms with Crippen molar-refractivity contribution in [2.24, 2.45) is 0 Å². The Labute approximate surface area is 194 Å². The molecule has 9 heteroatoms. The molecular formula is C24H21N3O5S. The maximum absolute atomic E-state index is 12.9. The lowest BCUT2D eigenvalue weighted by Crippen LogP contribution is -2.15. The Morgan fingerprint density at radius 3 is 2.45 bits per heavy atom. The molecule has 0 aliphatic carbocycles. The number of hydrogen-bond donors (Lipinski definition) is 1. The molecule has 0 atom stereocenters. The zero-order chi connectivity index (χ0) is 23.2. The van der Waals surface area contributed by atoms with Crippen molar-refractivity contribution in [2.75, 3.05) is 19.5 Å². The summed E-state index contributed by atoms with van der Waals surface area (Å²) in [5.74, 6) is -0.261. The third-order valence-corrected chi connectivity index (χ3v) is 5.62. The lowest BCUT2D eigenvalue weighted by molar-refractivity contribution is 0.0468. The Hall–Kier alpha value is -4.11. The van der Waals surface area contributed by atoms with Crippen LogP contribution in [0.15, 0.2) is 72.2 Å². The van der Waals surface area contributed by atoms with Gasteiger partial charge in [0.1, 0.15) is 12.3 Å². The van der Waals surface area contributed by atoms with Crippen LogP contribution < -0.4 is 14.8 Å². The highest BCUT2D eigenvalue weighted by atomic mass is 32.1. The molecule has 4 aromatic rings. The molecule has 0 aliphatic rings. The summed E-state index contributed by atoms with van der Waals surface area (Å²) in [4.78, 5) is 26.0. The molecule has 0 fully saturated rings. The topological polar surface area (TPSA) is 91.7 Å². The van der Waals surface area contributed by atoms with Crippen LogP contribution in [0.1, 0.15) is 25.7 Å². The van der Waals surface area contributed by atoms with E-state index in [2.05, 4.69) is 10.4 Å². The number of esters is 1. The molecule has 0 bridgehead atoms. The van der Waals surface area contributed by atoms with Crippen molar-refractivity contribution in [3.63, 3.8) is 0 Å². The average molecular weight is 464 g/mol. The predicted octanol–water partition coefficient (Wildman–Crippen LogP) is 4.56. The van der Waals surface area contributed by atoms with Crippen molar-refractivity contribution in [1.29, 1.82) is 0 Å². The molecule has 0 radical (unpaired) electrons. The van der Waals surface area contributed by atoms with E-state index in [1.807, 2.05) is 30.3 Å². The maximum atomic E-state index is 12.9. The Balaban J connectivity index is 1.54. The summed E-state index contributed by atoms with van der Waals surface area (Å²) in [5.41, 5.74) is 1.87. The van der Waals surface area contributed by atoms with Crippen molar-refractivity contribution in [3.8, 4) is 17.2 Å². The van der Waals surface area contributed by atoms with Crippen LogP contribution in [0.2, 0.25) is 0 Å². The normalized spacial score (nSPS) is 10.5. The van der Waals surface area contributed by atoms with Crippen molar-refractivity contribution >= 4 is 28.9 Å². The van der Waals surface area contributed by atoms with Crippen molar-refractivity contribution < 1.29 is 23.8 Å². The minimum absolute atomic E-state index is 0.0364. The molecule has 1 amide bonds. The molecule has 0 spiro atoms. The van der Waals surface area contributed by atoms with E-state index in [0.717, 1.165) is 5.69 Å². The fourth-order valence-corrected chi connectivity index (χ4v) is 3.74. The number of carbonyl (C=O) groups excluding carboxylic acids is 2. The molecule has 2 aromatic heterocycles. The molecule has 2 heterocycles. The van der Waals surface area contributed by atoms with Gasteiger partial charge in [-0.2, -0.15) is 5.10 Å². The summed E-state index contributed by atoms with van der Waals surface area (Å²) in [6.07, 6.45) is 1.79. The first-order valence-electron chi connectivity index (χ1n) is 9.97. The number of carbonyl (C=O) groups is 2. The third-order valence-electron chi connectivity index (χ3n) is 4.75. The quantitative estimate of drug-likeness (QED) is 0.385. The molecule has 0 saturated carbocycles. The molecule has 0 saturated heterocycles. The fraction of sp³-hybridized carbons (Fsp3) is 0.125. The second-order valence-corrected chi connectivity index (χ2v) is 7.80. The highest BCUT2D eigenvalue weighted by Gasteiger charge is 2.21. The van der Waals surface area contributed by atoms with E-state index < -0.39 is 5.97 Å². The average Bonchev–Trinajstić information content (AvgIpc) is 3.55. The Kier molecular flexibility index (Phi) is 6.70. The minimum Gasteiger partial charge on any atom is -0.493 e. The maximum Gasteiger partial charge on any atom is 0.340 e. The summed E-state index contributed by atoms with van der Waals surface area (Å²) >= 11 is 1.30. The van der Waals surface area contributed by atoms with Crippen LogP contribution in [0.3, 0.4) is 0 Å². The second-order valence-electron chi connectivity index (χ2n) is 6.85. The summed E-state index contributed by atoms with van der Waals surface area (Å²) in [6.45, 7) is -0.0364. The summed E-state index contributed by atoms with van der Waals surface area (Å²) in [5, 5.41) is 9.00. The predicted molar refractivity (Wildman–Crippen MR) is 125 cm³/mol. The van der Waals surface area contributed by atoms with Gasteiger partial charge in [0.2, 0.25) is 0 Å². The SMILES string of the molecule is COc1cc(NC(=O)c2cccs2)c(C(=O)OCc2ccn(-c3ccccc3)n2)cc1OC. The number of amides is 1. The number of hydrogen-bond acceptors (Lipinski definition) is 7. The molecule has 8 nitrogen and oxygen atoms in total. The number of benzene rings is 2. The largest absolute Gasteiger partial charge is 0.493 e. The lowest BCUT2D eigenvalue weighted by Gasteiger charge is -2.15. The Bertz CT molecular complexity index is 1250. The van der Waals surface area contributed by atoms with Gasteiger partial charge < -0.3 is 19.5 Å². The first-order valence-corrected chi connectivity index (χ1v) is 10.8. The standard InChI is InChI=1S/C24H21N3O5S/c1-30-20-13-18(19(14-21(20)31-2)25-23(28)22-9-6-12-33-22)24(29)32-15-16-10-11-27(26-16)17-7-4-3-5-8-17/h3-14H,15H2,1-2H3,(H,25,28). The van der Waals surface area contributed by atoms with E-state index in [9.17, 15) is 9.59 Å². The first-order chi connectivity index (χ1) is 16.1. The summed E-state index contributed by atoms with van der Waals surface area (Å²) in [7, 11) is 2.94. The lowest BCUT2D eigenvalue weighted by atomic mass is 10.1. The number of nitrogens with one attached hydrogen (secondary N) is 1. The number of nitrogens with zero attached hydrogens (tertiary/aromatic N) is 2. The van der Waals surface area contributed by atoms with Gasteiger partial charge >= 0.3 is 5.97 Å². The van der Waals surface area contributed by atoms with Gasteiger partial charge in [-0.1, -0.05) is 24.3 Å². The molecule has 0 unspecified atom stereocenters. The van der Waals surface area contributed by atoms with Gasteiger partial charge in [-0.15, -0.1) is 11.3 Å². The van der Waals surface area contributed by atoms with Crippen molar-refractivity contribution in [2.45, 2.75) is 6.61 Å². The van der Waals surface area contributed by atoms with Crippen LogP contribution in [-0.2, 0) is 11.3 Å². The Morgan fingerprint density at radius 2 is 1.76 bits per heavy atom. The van der Waals surface area contributed by atoms with E-state index in [1.165, 1.54) is 37.7 Å². The van der Waals surface area contributed by atoms with Crippen molar-refractivity contribution in [1.82, 2.24) is 9.78 Å². The first kappa shape index (κ1) is 22.1. The van der Waals surface area contributed by atoms with Gasteiger partial charge in [-0.25, -0.2) is 9.48 Å². The molecule has 4 rings (SSSR count). The summed E-state index contributed by atoms with van der Waals surface area (Å²) < 4.78 is 17.8. The van der Waals surface area contributed by atoms with Gasteiger partial charge in [0.25, 0.3) is 5.91 Å². The Morgan fingerprint density at radius 1 is 1.00 bits per heavy atom. The highest BCUT2D eigenvalue weighted by Crippen LogP contribution is 2.34. The van der Waals surface area contributed by atoms with E-state index in [0.29, 0.717) is 22.1 Å². The fourth-order valence-electron chi connectivity index (χ4n) is 3.12.